The highest BCUT2D eigenvalue weighted by Crippen LogP contribution is 2.30. The fourth-order valence-corrected chi connectivity index (χ4v) is 3.13. The number of nitrogens with two attached hydrogens (primary N) is 1. The average molecular weight is 297 g/mol. The Balaban J connectivity index is 0.00000147. The maximum Gasteiger partial charge on any atom is 0.254 e. The highest BCUT2D eigenvalue weighted by Gasteiger charge is 2.38. The number of fused-ring (bicyclic) bond motifs is 1. The molecule has 2 N–H and O–H groups in total. The summed E-state index contributed by atoms with van der Waals surface area (Å²) in [6.07, 6.45) is 3.56. The van der Waals surface area contributed by atoms with E-state index in [1.54, 1.807) is 0 Å². The van der Waals surface area contributed by atoms with E-state index in [-0.39, 0.29) is 30.5 Å². The van der Waals surface area contributed by atoms with Gasteiger partial charge < -0.3 is 15.4 Å². The van der Waals surface area contributed by atoms with Gasteiger partial charge in [0.05, 0.1) is 18.8 Å². The molecule has 2 unspecified atom stereocenters. The highest BCUT2D eigenvalue weighted by molar-refractivity contribution is 5.94. The molecular weight excluding hydrogens is 276 g/mol. The molecular formula is C15H21ClN2O2. The normalized spacial score (nSPS) is 24.9. The molecule has 1 saturated heterocycles. The van der Waals surface area contributed by atoms with Crippen LogP contribution in [-0.2, 0) is 11.3 Å². The van der Waals surface area contributed by atoms with Crippen LogP contribution in [0.3, 0.4) is 0 Å². The van der Waals surface area contributed by atoms with Gasteiger partial charge in [0.25, 0.3) is 5.91 Å². The van der Waals surface area contributed by atoms with Crippen LogP contribution < -0.4 is 5.73 Å². The first kappa shape index (κ1) is 15.3. The van der Waals surface area contributed by atoms with Crippen LogP contribution >= 0.6 is 12.4 Å². The summed E-state index contributed by atoms with van der Waals surface area (Å²) in [5.41, 5.74) is 7.38. The molecule has 0 spiro atoms. The van der Waals surface area contributed by atoms with Crippen LogP contribution in [0.2, 0.25) is 0 Å². The zero-order valence-corrected chi connectivity index (χ0v) is 12.3. The van der Waals surface area contributed by atoms with Gasteiger partial charge in [0, 0.05) is 18.7 Å². The van der Waals surface area contributed by atoms with E-state index in [9.17, 15) is 4.79 Å². The predicted octanol–water partition coefficient (Wildman–Crippen LogP) is 1.96. The SMILES string of the molecule is Cl.NCc1ccc(C(=O)N2CCOC3CCCC32)cc1. The summed E-state index contributed by atoms with van der Waals surface area (Å²) in [7, 11) is 0. The standard InChI is InChI=1S/C15H20N2O2.ClH/c16-10-11-4-6-12(7-5-11)15(18)17-8-9-19-14-3-1-2-13(14)17;/h4-7,13-14H,1-3,8-10,16H2;1H. The highest BCUT2D eigenvalue weighted by atomic mass is 35.5. The summed E-state index contributed by atoms with van der Waals surface area (Å²) in [4.78, 5) is 14.6. The number of rotatable bonds is 2. The molecule has 1 saturated carbocycles. The number of carbonyl (C=O) groups is 1. The van der Waals surface area contributed by atoms with E-state index in [0.717, 1.165) is 30.4 Å². The molecule has 0 aromatic heterocycles. The van der Waals surface area contributed by atoms with Crippen molar-refractivity contribution in [1.29, 1.82) is 0 Å². The van der Waals surface area contributed by atoms with E-state index in [1.807, 2.05) is 29.2 Å². The molecule has 1 aliphatic carbocycles. The number of carbonyl (C=O) groups excluding carboxylic acids is 1. The van der Waals surface area contributed by atoms with Crippen molar-refractivity contribution in [2.75, 3.05) is 13.2 Å². The van der Waals surface area contributed by atoms with Gasteiger partial charge in [-0.2, -0.15) is 0 Å². The summed E-state index contributed by atoms with van der Waals surface area (Å²) < 4.78 is 5.74. The minimum absolute atomic E-state index is 0. The summed E-state index contributed by atoms with van der Waals surface area (Å²) >= 11 is 0. The number of morpholine rings is 1. The van der Waals surface area contributed by atoms with Crippen molar-refractivity contribution in [1.82, 2.24) is 4.90 Å². The third kappa shape index (κ3) is 2.82. The molecule has 110 valence electrons. The number of ether oxygens (including phenoxy) is 1. The summed E-state index contributed by atoms with van der Waals surface area (Å²) in [6.45, 7) is 1.88. The second-order valence-corrected chi connectivity index (χ2v) is 5.31. The van der Waals surface area contributed by atoms with E-state index in [4.69, 9.17) is 10.5 Å². The Labute approximate surface area is 125 Å². The maximum atomic E-state index is 12.6. The predicted molar refractivity (Wildman–Crippen MR) is 80.0 cm³/mol. The van der Waals surface area contributed by atoms with E-state index in [2.05, 4.69) is 0 Å². The lowest BCUT2D eigenvalue weighted by Crippen LogP contribution is -2.51. The Bertz CT molecular complexity index is 463. The van der Waals surface area contributed by atoms with Crippen LogP contribution in [-0.4, -0.2) is 36.1 Å². The first-order valence-electron chi connectivity index (χ1n) is 7.01. The van der Waals surface area contributed by atoms with E-state index < -0.39 is 0 Å². The van der Waals surface area contributed by atoms with Crippen molar-refractivity contribution >= 4 is 18.3 Å². The molecule has 2 fully saturated rings. The van der Waals surface area contributed by atoms with E-state index >= 15 is 0 Å². The van der Waals surface area contributed by atoms with Crippen LogP contribution in [0, 0.1) is 0 Å². The zero-order chi connectivity index (χ0) is 13.2. The van der Waals surface area contributed by atoms with Gasteiger partial charge in [-0.15, -0.1) is 12.4 Å². The third-order valence-corrected chi connectivity index (χ3v) is 4.18. The minimum Gasteiger partial charge on any atom is -0.374 e. The molecule has 1 aromatic rings. The van der Waals surface area contributed by atoms with Gasteiger partial charge in [0.2, 0.25) is 0 Å². The van der Waals surface area contributed by atoms with Gasteiger partial charge in [0.1, 0.15) is 0 Å². The second-order valence-electron chi connectivity index (χ2n) is 5.31. The largest absolute Gasteiger partial charge is 0.374 e. The average Bonchev–Trinajstić information content (AvgIpc) is 2.95. The minimum atomic E-state index is 0. The Kier molecular flexibility index (Phi) is 5.02. The van der Waals surface area contributed by atoms with Crippen LogP contribution in [0.25, 0.3) is 0 Å². The lowest BCUT2D eigenvalue weighted by atomic mass is 10.1. The van der Waals surface area contributed by atoms with E-state index in [0.29, 0.717) is 19.7 Å². The number of hydrogen-bond donors (Lipinski definition) is 1. The maximum absolute atomic E-state index is 12.6. The van der Waals surface area contributed by atoms with Gasteiger partial charge in [0.15, 0.2) is 0 Å². The molecule has 0 bridgehead atoms. The molecule has 5 heteroatoms. The topological polar surface area (TPSA) is 55.6 Å². The summed E-state index contributed by atoms with van der Waals surface area (Å²) in [6, 6.07) is 7.89. The lowest BCUT2D eigenvalue weighted by molar-refractivity contribution is -0.0445. The number of amides is 1. The number of hydrogen-bond acceptors (Lipinski definition) is 3. The van der Waals surface area contributed by atoms with Gasteiger partial charge in [-0.25, -0.2) is 0 Å². The second kappa shape index (κ2) is 6.57. The quantitative estimate of drug-likeness (QED) is 0.908. The molecule has 1 aromatic carbocycles. The van der Waals surface area contributed by atoms with Crippen molar-refractivity contribution in [3.8, 4) is 0 Å². The van der Waals surface area contributed by atoms with Crippen LogP contribution in [0.1, 0.15) is 35.2 Å². The van der Waals surface area contributed by atoms with E-state index in [1.165, 1.54) is 0 Å². The van der Waals surface area contributed by atoms with Crippen molar-refractivity contribution in [2.45, 2.75) is 38.0 Å². The van der Waals surface area contributed by atoms with Crippen LogP contribution in [0.5, 0.6) is 0 Å². The molecule has 0 radical (unpaired) electrons. The van der Waals surface area contributed by atoms with Gasteiger partial charge in [-0.05, 0) is 37.0 Å². The summed E-state index contributed by atoms with van der Waals surface area (Å²) in [5.74, 6) is 0.128. The Hall–Kier alpha value is -1.10. The number of benzene rings is 1. The molecule has 4 nitrogen and oxygen atoms in total. The first-order chi connectivity index (χ1) is 9.29. The zero-order valence-electron chi connectivity index (χ0n) is 11.5. The van der Waals surface area contributed by atoms with Gasteiger partial charge in [-0.1, -0.05) is 12.1 Å². The van der Waals surface area contributed by atoms with Crippen molar-refractivity contribution in [2.24, 2.45) is 5.73 Å². The lowest BCUT2D eigenvalue weighted by Gasteiger charge is -2.37. The smallest absolute Gasteiger partial charge is 0.254 e. The Morgan fingerprint density at radius 1 is 1.30 bits per heavy atom. The van der Waals surface area contributed by atoms with Gasteiger partial charge in [-0.3, -0.25) is 4.79 Å². The molecule has 3 rings (SSSR count). The van der Waals surface area contributed by atoms with Crippen molar-refractivity contribution in [3.05, 3.63) is 35.4 Å². The monoisotopic (exact) mass is 296 g/mol. The first-order valence-corrected chi connectivity index (χ1v) is 7.01. The molecule has 2 atom stereocenters. The Morgan fingerprint density at radius 3 is 2.75 bits per heavy atom. The molecule has 1 aliphatic heterocycles. The van der Waals surface area contributed by atoms with Crippen molar-refractivity contribution < 1.29 is 9.53 Å². The molecule has 1 heterocycles. The number of nitrogens with zero attached hydrogens (tertiary/aromatic N) is 1. The third-order valence-electron chi connectivity index (χ3n) is 4.18. The Morgan fingerprint density at radius 2 is 2.05 bits per heavy atom. The fraction of sp³-hybridized carbons (Fsp3) is 0.533. The number of halogens is 1. The van der Waals surface area contributed by atoms with Crippen molar-refractivity contribution in [3.63, 3.8) is 0 Å². The van der Waals surface area contributed by atoms with Gasteiger partial charge >= 0.3 is 0 Å². The molecule has 20 heavy (non-hydrogen) atoms. The molecule has 1 amide bonds. The summed E-state index contributed by atoms with van der Waals surface area (Å²) in [5, 5.41) is 0. The fourth-order valence-electron chi connectivity index (χ4n) is 3.13. The van der Waals surface area contributed by atoms with Crippen LogP contribution in [0.15, 0.2) is 24.3 Å². The van der Waals surface area contributed by atoms with Crippen LogP contribution in [0.4, 0.5) is 0 Å². The molecule has 2 aliphatic rings.